The lowest BCUT2D eigenvalue weighted by Crippen LogP contribution is -2.66. The van der Waals surface area contributed by atoms with Crippen molar-refractivity contribution < 1.29 is 59.8 Å². The summed E-state index contributed by atoms with van der Waals surface area (Å²) in [4.78, 5) is 0. The van der Waals surface area contributed by atoms with Crippen LogP contribution in [-0.2, 0) is 18.9 Å². The summed E-state index contributed by atoms with van der Waals surface area (Å²) < 4.78 is 24.5. The van der Waals surface area contributed by atoms with Crippen molar-refractivity contribution in [3.63, 3.8) is 0 Å². The van der Waals surface area contributed by atoms with Gasteiger partial charge in [0.1, 0.15) is 48.8 Å². The van der Waals surface area contributed by atoms with Crippen LogP contribution in [0, 0.1) is 50.2 Å². The SMILES string of the molecule is CC1(C)[C@@H](O[C@H]2O[C@H](CO)[C@@H](O)[C@H](O)[C@H]2O[C@@H]2O[C@H](CO)[C@@H](O)[C@H](O)[C@H]2O)CC[C@]2(C)[C@H]3CC=C4[C@@H]5C[C@@](C)(CO)CC[C@]5(C)CC[C@@]4(C)[C@]3(C)CC[C@@H]12. The number of hydrogen-bond donors (Lipinski definition) is 8. The highest BCUT2D eigenvalue weighted by atomic mass is 16.8. The van der Waals surface area contributed by atoms with E-state index in [2.05, 4.69) is 54.5 Å². The maximum absolute atomic E-state index is 11.3. The molecule has 6 fully saturated rings. The first-order valence-electron chi connectivity index (χ1n) is 20.8. The van der Waals surface area contributed by atoms with Gasteiger partial charge >= 0.3 is 0 Å². The molecule has 0 radical (unpaired) electrons. The van der Waals surface area contributed by atoms with Crippen molar-refractivity contribution in [1.82, 2.24) is 0 Å². The van der Waals surface area contributed by atoms with Gasteiger partial charge in [-0.25, -0.2) is 0 Å². The van der Waals surface area contributed by atoms with Gasteiger partial charge in [0.05, 0.1) is 19.3 Å². The van der Waals surface area contributed by atoms with Gasteiger partial charge in [0, 0.05) is 6.61 Å². The molecule has 7 rings (SSSR count). The van der Waals surface area contributed by atoms with Crippen molar-refractivity contribution in [2.45, 2.75) is 180 Å². The van der Waals surface area contributed by atoms with Gasteiger partial charge < -0.3 is 59.8 Å². The summed E-state index contributed by atoms with van der Waals surface area (Å²) in [5, 5.41) is 83.8. The lowest BCUT2D eigenvalue weighted by atomic mass is 9.33. The third-order valence-electron chi connectivity index (χ3n) is 17.5. The predicted molar refractivity (Wildman–Crippen MR) is 197 cm³/mol. The minimum absolute atomic E-state index is 0.0251. The minimum atomic E-state index is -1.73. The Morgan fingerprint density at radius 3 is 1.94 bits per heavy atom. The molecule has 2 saturated heterocycles. The van der Waals surface area contributed by atoms with Crippen molar-refractivity contribution in [3.8, 4) is 0 Å². The highest BCUT2D eigenvalue weighted by Gasteiger charge is 2.68. The molecule has 0 bridgehead atoms. The monoisotopic (exact) mass is 766 g/mol. The van der Waals surface area contributed by atoms with Gasteiger partial charge in [-0.1, -0.05) is 60.1 Å². The van der Waals surface area contributed by atoms with Crippen LogP contribution in [-0.4, -0.2) is 128 Å². The molecule has 0 spiro atoms. The molecule has 310 valence electrons. The van der Waals surface area contributed by atoms with Gasteiger partial charge in [0.15, 0.2) is 12.6 Å². The molecule has 12 heteroatoms. The fourth-order valence-electron chi connectivity index (χ4n) is 13.6. The van der Waals surface area contributed by atoms with Crippen molar-refractivity contribution in [2.24, 2.45) is 50.2 Å². The summed E-state index contributed by atoms with van der Waals surface area (Å²) in [5.74, 6) is 1.27. The summed E-state index contributed by atoms with van der Waals surface area (Å²) in [6, 6.07) is 0. The molecule has 8 N–H and O–H groups in total. The first-order chi connectivity index (χ1) is 25.2. The third-order valence-corrected chi connectivity index (χ3v) is 17.5. The van der Waals surface area contributed by atoms with Gasteiger partial charge in [-0.3, -0.25) is 0 Å². The fraction of sp³-hybridized carbons (Fsp3) is 0.952. The normalized spacial score (nSPS) is 55.8. The molecular weight excluding hydrogens is 696 g/mol. The number of allylic oxidation sites excluding steroid dienone is 2. The molecule has 0 aromatic carbocycles. The zero-order chi connectivity index (χ0) is 39.4. The second-order valence-corrected chi connectivity index (χ2v) is 20.7. The molecule has 2 heterocycles. The number of rotatable bonds is 7. The lowest BCUT2D eigenvalue weighted by Gasteiger charge is -2.71. The molecule has 4 saturated carbocycles. The predicted octanol–water partition coefficient (Wildman–Crippen LogP) is 2.79. The van der Waals surface area contributed by atoms with Gasteiger partial charge in [-0.05, 0) is 114 Å². The number of hydrogen-bond acceptors (Lipinski definition) is 12. The number of fused-ring (bicyclic) bond motifs is 7. The maximum Gasteiger partial charge on any atom is 0.187 e. The summed E-state index contributed by atoms with van der Waals surface area (Å²) >= 11 is 0. The zero-order valence-corrected chi connectivity index (χ0v) is 33.6. The third kappa shape index (κ3) is 6.14. The van der Waals surface area contributed by atoms with E-state index in [0.717, 1.165) is 38.5 Å². The van der Waals surface area contributed by atoms with Crippen molar-refractivity contribution in [1.29, 1.82) is 0 Å². The second-order valence-electron chi connectivity index (χ2n) is 20.7. The number of aliphatic hydroxyl groups is 8. The molecule has 0 unspecified atom stereocenters. The van der Waals surface area contributed by atoms with E-state index < -0.39 is 74.6 Å². The van der Waals surface area contributed by atoms with Crippen LogP contribution < -0.4 is 0 Å². The molecule has 19 atom stereocenters. The van der Waals surface area contributed by atoms with Crippen molar-refractivity contribution in [3.05, 3.63) is 11.6 Å². The molecule has 0 aromatic rings. The van der Waals surface area contributed by atoms with Crippen LogP contribution >= 0.6 is 0 Å². The molecule has 54 heavy (non-hydrogen) atoms. The molecule has 12 nitrogen and oxygen atoms in total. The first-order valence-corrected chi connectivity index (χ1v) is 20.8. The van der Waals surface area contributed by atoms with Gasteiger partial charge in [-0.15, -0.1) is 0 Å². The average Bonchev–Trinajstić information content (AvgIpc) is 3.13. The minimum Gasteiger partial charge on any atom is -0.396 e. The highest BCUT2D eigenvalue weighted by Crippen LogP contribution is 2.75. The molecule has 0 aromatic heterocycles. The van der Waals surface area contributed by atoms with E-state index in [1.165, 1.54) is 19.3 Å². The van der Waals surface area contributed by atoms with Crippen LogP contribution in [0.3, 0.4) is 0 Å². The smallest absolute Gasteiger partial charge is 0.187 e. The van der Waals surface area contributed by atoms with E-state index in [-0.39, 0.29) is 45.2 Å². The Hall–Kier alpha value is -0.740. The number of ether oxygens (including phenoxy) is 4. The van der Waals surface area contributed by atoms with Crippen molar-refractivity contribution >= 4 is 0 Å². The Morgan fingerprint density at radius 1 is 0.667 bits per heavy atom. The molecule has 0 amide bonds. The first kappa shape index (κ1) is 41.4. The molecule has 2 aliphatic heterocycles. The Bertz CT molecular complexity index is 1410. The standard InChI is InChI=1S/C42H70O12/c1-37(2)26-10-13-42(7)27(9-8-22-23-18-38(3,21-45)14-15-39(23,4)16-17-41(22,42)6)40(26,5)12-11-28(37)53-36-34(32(49)30(47)25(20-44)52-36)54-35-33(50)31(48)29(46)24(19-43)51-35/h8,23-36,43-50H,9-21H2,1-7H3/t23-,24+,25+,26-,27+,28-,29+,30+,31-,32-,33+,34+,35-,36+,38-,39+,40-,41+,42+/m0/s1. The van der Waals surface area contributed by atoms with Crippen LogP contribution in [0.2, 0.25) is 0 Å². The maximum atomic E-state index is 11.3. The molecular formula is C42H70O12. The highest BCUT2D eigenvalue weighted by molar-refractivity contribution is 5.33. The second kappa shape index (κ2) is 14.2. The van der Waals surface area contributed by atoms with E-state index in [4.69, 9.17) is 18.9 Å². The van der Waals surface area contributed by atoms with Crippen LogP contribution in [0.25, 0.3) is 0 Å². The Kier molecular flexibility index (Phi) is 10.9. The summed E-state index contributed by atoms with van der Waals surface area (Å²) in [6.07, 6.45) is -1.96. The average molecular weight is 767 g/mol. The van der Waals surface area contributed by atoms with Crippen LogP contribution in [0.1, 0.15) is 113 Å². The van der Waals surface area contributed by atoms with Crippen LogP contribution in [0.5, 0.6) is 0 Å². The Labute approximate surface area is 321 Å². The van der Waals surface area contributed by atoms with Crippen molar-refractivity contribution in [2.75, 3.05) is 19.8 Å². The van der Waals surface area contributed by atoms with Gasteiger partial charge in [0.2, 0.25) is 0 Å². The molecule has 7 aliphatic rings. The van der Waals surface area contributed by atoms with Crippen LogP contribution in [0.4, 0.5) is 0 Å². The van der Waals surface area contributed by atoms with Gasteiger partial charge in [0.25, 0.3) is 0 Å². The van der Waals surface area contributed by atoms with Crippen LogP contribution in [0.15, 0.2) is 11.6 Å². The van der Waals surface area contributed by atoms with E-state index in [1.54, 1.807) is 5.57 Å². The lowest BCUT2D eigenvalue weighted by molar-refractivity contribution is -0.378. The summed E-state index contributed by atoms with van der Waals surface area (Å²) in [6.45, 7) is 15.9. The van der Waals surface area contributed by atoms with Gasteiger partial charge in [-0.2, -0.15) is 0 Å². The Balaban J connectivity index is 1.14. The fourth-order valence-corrected chi connectivity index (χ4v) is 13.6. The zero-order valence-electron chi connectivity index (χ0n) is 33.6. The van der Waals surface area contributed by atoms with E-state index in [1.807, 2.05) is 0 Å². The van der Waals surface area contributed by atoms with E-state index in [9.17, 15) is 40.9 Å². The summed E-state index contributed by atoms with van der Waals surface area (Å²) in [5.41, 5.74) is 1.80. The molecule has 5 aliphatic carbocycles. The summed E-state index contributed by atoms with van der Waals surface area (Å²) in [7, 11) is 0. The van der Waals surface area contributed by atoms with E-state index in [0.29, 0.717) is 24.2 Å². The quantitative estimate of drug-likeness (QED) is 0.140. The number of aliphatic hydroxyl groups excluding tert-OH is 8. The topological polar surface area (TPSA) is 199 Å². The largest absolute Gasteiger partial charge is 0.396 e. The van der Waals surface area contributed by atoms with E-state index >= 15 is 0 Å². The Morgan fingerprint density at radius 2 is 1.30 bits per heavy atom.